The quantitative estimate of drug-likeness (QED) is 0.769. The first kappa shape index (κ1) is 11.3. The smallest absolute Gasteiger partial charge is 0.233 e. The second-order valence-corrected chi connectivity index (χ2v) is 4.85. The van der Waals surface area contributed by atoms with Crippen molar-refractivity contribution in [2.75, 3.05) is 16.8 Å². The Kier molecular flexibility index (Phi) is 2.78. The number of hydrogen-bond donors (Lipinski definition) is 1. The number of nitrogens with zero attached hydrogens (tertiary/aromatic N) is 1. The molecule has 0 unspecified atom stereocenters. The van der Waals surface area contributed by atoms with E-state index in [1.54, 1.807) is 0 Å². The Morgan fingerprint density at radius 3 is 2.44 bits per heavy atom. The second kappa shape index (κ2) is 4.44. The Bertz CT molecular complexity index is 493. The molecule has 1 aromatic rings. The number of carbonyl (C=O) groups excluding carboxylic acids is 2. The van der Waals surface area contributed by atoms with Gasteiger partial charge in [-0.1, -0.05) is 0 Å². The van der Waals surface area contributed by atoms with Gasteiger partial charge in [0.2, 0.25) is 11.8 Å². The molecule has 1 N–H and O–H groups in total. The van der Waals surface area contributed by atoms with Gasteiger partial charge in [0.25, 0.3) is 0 Å². The molecule has 0 aromatic heterocycles. The topological polar surface area (TPSA) is 49.4 Å². The molecule has 4 heteroatoms. The van der Waals surface area contributed by atoms with Crippen molar-refractivity contribution in [1.82, 2.24) is 0 Å². The lowest BCUT2D eigenvalue weighted by Crippen LogP contribution is -2.35. The number of nitrogens with one attached hydrogen (secondary N) is 1. The number of benzene rings is 1. The zero-order chi connectivity index (χ0) is 12.5. The van der Waals surface area contributed by atoms with Gasteiger partial charge in [0.1, 0.15) is 0 Å². The standard InChI is InChI=1S/C14H16N2O2/c17-13-3-1-2-4-14(18)16(13)11-5-6-12-10(9-11)7-8-15-12/h5-6,9,15H,1-4,7-8H2. The van der Waals surface area contributed by atoms with Crippen molar-refractivity contribution >= 4 is 23.2 Å². The number of rotatable bonds is 1. The highest BCUT2D eigenvalue weighted by molar-refractivity contribution is 6.15. The molecule has 0 spiro atoms. The van der Waals surface area contributed by atoms with Crippen LogP contribution < -0.4 is 10.2 Å². The molecule has 2 aliphatic heterocycles. The molecule has 0 atom stereocenters. The van der Waals surface area contributed by atoms with Crippen LogP contribution in [-0.4, -0.2) is 18.4 Å². The van der Waals surface area contributed by atoms with Crippen LogP contribution >= 0.6 is 0 Å². The highest BCUT2D eigenvalue weighted by Crippen LogP contribution is 2.29. The van der Waals surface area contributed by atoms with E-state index < -0.39 is 0 Å². The summed E-state index contributed by atoms with van der Waals surface area (Å²) in [7, 11) is 0. The van der Waals surface area contributed by atoms with Gasteiger partial charge in [0.15, 0.2) is 0 Å². The summed E-state index contributed by atoms with van der Waals surface area (Å²) in [5.41, 5.74) is 3.04. The van der Waals surface area contributed by atoms with Gasteiger partial charge in [-0.05, 0) is 43.0 Å². The molecule has 1 fully saturated rings. The molecular formula is C14H16N2O2. The SMILES string of the molecule is O=C1CCCCC(=O)N1c1ccc2c(c1)CCN2. The summed E-state index contributed by atoms with van der Waals surface area (Å²) in [5, 5.41) is 3.28. The molecular weight excluding hydrogens is 228 g/mol. The van der Waals surface area contributed by atoms with Gasteiger partial charge in [-0.15, -0.1) is 0 Å². The lowest BCUT2D eigenvalue weighted by atomic mass is 10.1. The molecule has 0 saturated carbocycles. The van der Waals surface area contributed by atoms with E-state index in [4.69, 9.17) is 0 Å². The van der Waals surface area contributed by atoms with Crippen molar-refractivity contribution in [3.05, 3.63) is 23.8 Å². The Labute approximate surface area is 106 Å². The van der Waals surface area contributed by atoms with Crippen molar-refractivity contribution in [2.45, 2.75) is 32.1 Å². The minimum atomic E-state index is -0.0663. The third-order valence-corrected chi connectivity index (χ3v) is 3.59. The zero-order valence-electron chi connectivity index (χ0n) is 10.2. The molecule has 1 aromatic carbocycles. The van der Waals surface area contributed by atoms with Gasteiger partial charge in [-0.3, -0.25) is 14.5 Å². The number of hydrogen-bond acceptors (Lipinski definition) is 3. The van der Waals surface area contributed by atoms with Gasteiger partial charge in [0, 0.05) is 25.1 Å². The average molecular weight is 244 g/mol. The summed E-state index contributed by atoms with van der Waals surface area (Å²) < 4.78 is 0. The van der Waals surface area contributed by atoms with E-state index in [0.717, 1.165) is 37.2 Å². The van der Waals surface area contributed by atoms with Gasteiger partial charge in [-0.2, -0.15) is 0 Å². The lowest BCUT2D eigenvalue weighted by Gasteiger charge is -2.19. The van der Waals surface area contributed by atoms with E-state index in [-0.39, 0.29) is 11.8 Å². The summed E-state index contributed by atoms with van der Waals surface area (Å²) >= 11 is 0. The fourth-order valence-electron chi connectivity index (χ4n) is 2.63. The van der Waals surface area contributed by atoms with E-state index in [0.29, 0.717) is 12.8 Å². The zero-order valence-corrected chi connectivity index (χ0v) is 10.2. The van der Waals surface area contributed by atoms with Crippen molar-refractivity contribution in [3.8, 4) is 0 Å². The fraction of sp³-hybridized carbons (Fsp3) is 0.429. The second-order valence-electron chi connectivity index (χ2n) is 4.85. The highest BCUT2D eigenvalue weighted by atomic mass is 16.2. The summed E-state index contributed by atoms with van der Waals surface area (Å²) in [6, 6.07) is 5.79. The number of fused-ring (bicyclic) bond motifs is 1. The molecule has 94 valence electrons. The van der Waals surface area contributed by atoms with Crippen LogP contribution in [0.25, 0.3) is 0 Å². The summed E-state index contributed by atoms with van der Waals surface area (Å²) in [4.78, 5) is 25.4. The van der Waals surface area contributed by atoms with Crippen molar-refractivity contribution < 1.29 is 9.59 Å². The normalized spacial score (nSPS) is 19.4. The number of amides is 2. The summed E-state index contributed by atoms with van der Waals surface area (Å²) in [5.74, 6) is -0.133. The largest absolute Gasteiger partial charge is 0.384 e. The molecule has 0 bridgehead atoms. The van der Waals surface area contributed by atoms with Crippen LogP contribution in [-0.2, 0) is 16.0 Å². The van der Waals surface area contributed by atoms with Crippen molar-refractivity contribution in [3.63, 3.8) is 0 Å². The first-order valence-electron chi connectivity index (χ1n) is 6.48. The molecule has 4 nitrogen and oxygen atoms in total. The summed E-state index contributed by atoms with van der Waals surface area (Å²) in [6.07, 6.45) is 3.53. The molecule has 2 heterocycles. The van der Waals surface area contributed by atoms with Gasteiger partial charge < -0.3 is 5.32 Å². The van der Waals surface area contributed by atoms with Crippen molar-refractivity contribution in [2.24, 2.45) is 0 Å². The molecule has 0 radical (unpaired) electrons. The lowest BCUT2D eigenvalue weighted by molar-refractivity contribution is -0.125. The van der Waals surface area contributed by atoms with E-state index in [9.17, 15) is 9.59 Å². The third kappa shape index (κ3) is 1.88. The minimum absolute atomic E-state index is 0.0663. The van der Waals surface area contributed by atoms with Crippen LogP contribution in [0.2, 0.25) is 0 Å². The molecule has 1 saturated heterocycles. The number of carbonyl (C=O) groups is 2. The van der Waals surface area contributed by atoms with Gasteiger partial charge in [-0.25, -0.2) is 0 Å². The highest BCUT2D eigenvalue weighted by Gasteiger charge is 2.26. The molecule has 3 rings (SSSR count). The monoisotopic (exact) mass is 244 g/mol. The van der Waals surface area contributed by atoms with E-state index in [1.165, 1.54) is 10.5 Å². The predicted octanol–water partition coefficient (Wildman–Crippen LogP) is 2.09. The third-order valence-electron chi connectivity index (χ3n) is 3.59. The average Bonchev–Trinajstić information content (AvgIpc) is 2.75. The molecule has 2 amide bonds. The minimum Gasteiger partial charge on any atom is -0.384 e. The number of imide groups is 1. The Morgan fingerprint density at radius 2 is 1.72 bits per heavy atom. The molecule has 0 aliphatic carbocycles. The predicted molar refractivity (Wildman–Crippen MR) is 69.6 cm³/mol. The Balaban J connectivity index is 1.97. The van der Waals surface area contributed by atoms with Crippen LogP contribution in [0.1, 0.15) is 31.2 Å². The Hall–Kier alpha value is -1.84. The van der Waals surface area contributed by atoms with Crippen LogP contribution in [0.15, 0.2) is 18.2 Å². The first-order valence-corrected chi connectivity index (χ1v) is 6.48. The van der Waals surface area contributed by atoms with Gasteiger partial charge in [0.05, 0.1) is 5.69 Å². The van der Waals surface area contributed by atoms with Crippen LogP contribution in [0.5, 0.6) is 0 Å². The maximum Gasteiger partial charge on any atom is 0.233 e. The molecule has 18 heavy (non-hydrogen) atoms. The van der Waals surface area contributed by atoms with Gasteiger partial charge >= 0.3 is 0 Å². The van der Waals surface area contributed by atoms with E-state index in [2.05, 4.69) is 5.32 Å². The van der Waals surface area contributed by atoms with E-state index in [1.807, 2.05) is 18.2 Å². The maximum absolute atomic E-state index is 12.0. The van der Waals surface area contributed by atoms with Crippen molar-refractivity contribution in [1.29, 1.82) is 0 Å². The fourth-order valence-corrected chi connectivity index (χ4v) is 2.63. The molecule has 2 aliphatic rings. The Morgan fingerprint density at radius 1 is 1.00 bits per heavy atom. The first-order chi connectivity index (χ1) is 8.75. The van der Waals surface area contributed by atoms with E-state index >= 15 is 0 Å². The maximum atomic E-state index is 12.0. The number of anilines is 2. The summed E-state index contributed by atoms with van der Waals surface area (Å²) in [6.45, 7) is 0.931. The van der Waals surface area contributed by atoms with Crippen LogP contribution in [0, 0.1) is 0 Å². The van der Waals surface area contributed by atoms with Crippen LogP contribution in [0.3, 0.4) is 0 Å². The van der Waals surface area contributed by atoms with Crippen LogP contribution in [0.4, 0.5) is 11.4 Å².